The second kappa shape index (κ2) is 4.90. The predicted molar refractivity (Wildman–Crippen MR) is 79.2 cm³/mol. The predicted octanol–water partition coefficient (Wildman–Crippen LogP) is 4.13. The van der Waals surface area contributed by atoms with E-state index in [1.54, 1.807) is 0 Å². The highest BCUT2D eigenvalue weighted by Gasteiger charge is 2.10. The van der Waals surface area contributed by atoms with Gasteiger partial charge in [0.15, 0.2) is 0 Å². The summed E-state index contributed by atoms with van der Waals surface area (Å²) in [6.07, 6.45) is 0. The number of nitrogens with one attached hydrogen (secondary N) is 1. The first-order chi connectivity index (χ1) is 9.29. The summed E-state index contributed by atoms with van der Waals surface area (Å²) in [5.74, 6) is 0.940. The van der Waals surface area contributed by atoms with E-state index in [9.17, 15) is 0 Å². The van der Waals surface area contributed by atoms with Crippen molar-refractivity contribution in [1.82, 2.24) is 5.32 Å². The maximum Gasteiger partial charge on any atom is 0.137 e. The minimum absolute atomic E-state index is 0.839. The van der Waals surface area contributed by atoms with Crippen LogP contribution in [0.5, 0.6) is 0 Å². The maximum atomic E-state index is 6.04. The van der Waals surface area contributed by atoms with Gasteiger partial charge in [0.2, 0.25) is 0 Å². The largest absolute Gasteiger partial charge is 0.456 e. The van der Waals surface area contributed by atoms with Crippen LogP contribution in [0.4, 0.5) is 0 Å². The van der Waals surface area contributed by atoms with E-state index in [4.69, 9.17) is 4.42 Å². The van der Waals surface area contributed by atoms with Crippen LogP contribution in [0.15, 0.2) is 52.9 Å². The molecule has 1 heterocycles. The van der Waals surface area contributed by atoms with E-state index in [1.165, 1.54) is 11.1 Å². The fraction of sp³-hybridized carbons (Fsp3) is 0.176. The lowest BCUT2D eigenvalue weighted by Crippen LogP contribution is -2.05. The Hall–Kier alpha value is -2.06. The Kier molecular flexibility index (Phi) is 3.10. The third-order valence-electron chi connectivity index (χ3n) is 3.39. The van der Waals surface area contributed by atoms with Gasteiger partial charge in [-0.15, -0.1) is 0 Å². The van der Waals surface area contributed by atoms with Gasteiger partial charge in [-0.25, -0.2) is 0 Å². The molecule has 0 atom stereocenters. The molecular weight excluding hydrogens is 234 g/mol. The van der Waals surface area contributed by atoms with Gasteiger partial charge in [-0.1, -0.05) is 42.5 Å². The molecule has 2 aromatic carbocycles. The summed E-state index contributed by atoms with van der Waals surface area (Å²) in [7, 11) is 1.96. The Morgan fingerprint density at radius 2 is 1.89 bits per heavy atom. The van der Waals surface area contributed by atoms with E-state index >= 15 is 0 Å². The van der Waals surface area contributed by atoms with Crippen molar-refractivity contribution < 1.29 is 4.42 Å². The fourth-order valence-corrected chi connectivity index (χ4v) is 2.45. The molecule has 0 aliphatic heterocycles. The molecule has 0 fully saturated rings. The first kappa shape index (κ1) is 12.0. The van der Waals surface area contributed by atoms with Gasteiger partial charge in [-0.05, 0) is 31.2 Å². The van der Waals surface area contributed by atoms with Crippen molar-refractivity contribution in [2.75, 3.05) is 7.05 Å². The lowest BCUT2D eigenvalue weighted by molar-refractivity contribution is 0.627. The summed E-state index contributed by atoms with van der Waals surface area (Å²) in [4.78, 5) is 0. The monoisotopic (exact) mass is 251 g/mol. The Bertz CT molecular complexity index is 712. The number of benzene rings is 2. The van der Waals surface area contributed by atoms with Crippen LogP contribution in [0.2, 0.25) is 0 Å². The van der Waals surface area contributed by atoms with Crippen LogP contribution in [0.1, 0.15) is 11.1 Å². The van der Waals surface area contributed by atoms with Crippen LogP contribution in [-0.2, 0) is 6.54 Å². The molecule has 0 bridgehead atoms. The van der Waals surface area contributed by atoms with Gasteiger partial charge in [-0.2, -0.15) is 0 Å². The van der Waals surface area contributed by atoms with Crippen LogP contribution in [0, 0.1) is 6.92 Å². The van der Waals surface area contributed by atoms with Crippen molar-refractivity contribution in [3.63, 3.8) is 0 Å². The van der Waals surface area contributed by atoms with E-state index < -0.39 is 0 Å². The highest BCUT2D eigenvalue weighted by atomic mass is 16.3. The van der Waals surface area contributed by atoms with Crippen molar-refractivity contribution in [2.24, 2.45) is 0 Å². The van der Waals surface area contributed by atoms with Gasteiger partial charge in [0, 0.05) is 17.5 Å². The van der Waals surface area contributed by atoms with Crippen LogP contribution in [0.25, 0.3) is 22.3 Å². The lowest BCUT2D eigenvalue weighted by Gasteiger charge is -2.06. The number of aryl methyl sites for hydroxylation is 1. The van der Waals surface area contributed by atoms with E-state index in [-0.39, 0.29) is 0 Å². The summed E-state index contributed by atoms with van der Waals surface area (Å²) in [5.41, 5.74) is 4.57. The van der Waals surface area contributed by atoms with Gasteiger partial charge >= 0.3 is 0 Å². The molecule has 0 aliphatic rings. The van der Waals surface area contributed by atoms with Crippen molar-refractivity contribution in [1.29, 1.82) is 0 Å². The average Bonchev–Trinajstić information content (AvgIpc) is 2.85. The van der Waals surface area contributed by atoms with E-state index in [1.807, 2.05) is 7.05 Å². The number of fused-ring (bicyclic) bond motifs is 1. The Morgan fingerprint density at radius 3 is 2.68 bits per heavy atom. The standard InChI is InChI=1S/C17H17NO/c1-12-6-5-8-13-10-16(19-17(12)13)15-9-4-3-7-14(15)11-18-2/h3-10,18H,11H2,1-2H3. The SMILES string of the molecule is CNCc1ccccc1-c1cc2cccc(C)c2o1. The van der Waals surface area contributed by atoms with Crippen LogP contribution in [-0.4, -0.2) is 7.05 Å². The number of furan rings is 1. The summed E-state index contributed by atoms with van der Waals surface area (Å²) >= 11 is 0. The number of para-hydroxylation sites is 1. The molecule has 0 radical (unpaired) electrons. The molecule has 19 heavy (non-hydrogen) atoms. The average molecular weight is 251 g/mol. The van der Waals surface area contributed by atoms with Crippen molar-refractivity contribution >= 4 is 11.0 Å². The maximum absolute atomic E-state index is 6.04. The highest BCUT2D eigenvalue weighted by molar-refractivity contribution is 5.85. The third kappa shape index (κ3) is 2.15. The first-order valence-electron chi connectivity index (χ1n) is 6.51. The quantitative estimate of drug-likeness (QED) is 0.757. The van der Waals surface area contributed by atoms with Gasteiger partial charge in [0.1, 0.15) is 11.3 Å². The molecular formula is C17H17NO. The van der Waals surface area contributed by atoms with Crippen molar-refractivity contribution in [3.05, 3.63) is 59.7 Å². The molecule has 1 N–H and O–H groups in total. The highest BCUT2D eigenvalue weighted by Crippen LogP contribution is 2.31. The Labute approximate surface area is 113 Å². The van der Waals surface area contributed by atoms with Crippen molar-refractivity contribution in [2.45, 2.75) is 13.5 Å². The fourth-order valence-electron chi connectivity index (χ4n) is 2.45. The molecule has 0 unspecified atom stereocenters. The van der Waals surface area contributed by atoms with E-state index in [0.717, 1.165) is 28.8 Å². The minimum atomic E-state index is 0.839. The second-order valence-corrected chi connectivity index (χ2v) is 4.79. The first-order valence-corrected chi connectivity index (χ1v) is 6.51. The number of rotatable bonds is 3. The lowest BCUT2D eigenvalue weighted by atomic mass is 10.0. The molecule has 0 saturated heterocycles. The summed E-state index contributed by atoms with van der Waals surface area (Å²) in [6, 6.07) is 16.7. The normalized spacial score (nSPS) is 11.1. The molecule has 0 spiro atoms. The molecule has 1 aromatic heterocycles. The smallest absolute Gasteiger partial charge is 0.137 e. The summed E-state index contributed by atoms with van der Waals surface area (Å²) in [5, 5.41) is 4.36. The van der Waals surface area contributed by atoms with Crippen LogP contribution < -0.4 is 5.32 Å². The van der Waals surface area contributed by atoms with Gasteiger partial charge in [-0.3, -0.25) is 0 Å². The van der Waals surface area contributed by atoms with Crippen LogP contribution in [0.3, 0.4) is 0 Å². The topological polar surface area (TPSA) is 25.2 Å². The second-order valence-electron chi connectivity index (χ2n) is 4.79. The Balaban J connectivity index is 2.17. The zero-order valence-electron chi connectivity index (χ0n) is 11.2. The molecule has 0 aliphatic carbocycles. The van der Waals surface area contributed by atoms with Gasteiger partial charge in [0.25, 0.3) is 0 Å². The molecule has 3 rings (SSSR count). The molecule has 0 amide bonds. The number of hydrogen-bond acceptors (Lipinski definition) is 2. The molecule has 96 valence electrons. The molecule has 2 heteroatoms. The zero-order valence-corrected chi connectivity index (χ0v) is 11.2. The van der Waals surface area contributed by atoms with Crippen LogP contribution >= 0.6 is 0 Å². The van der Waals surface area contributed by atoms with E-state index in [0.29, 0.717) is 0 Å². The molecule has 3 aromatic rings. The number of hydrogen-bond donors (Lipinski definition) is 1. The van der Waals surface area contributed by atoms with Gasteiger partial charge < -0.3 is 9.73 Å². The Morgan fingerprint density at radius 1 is 1.05 bits per heavy atom. The third-order valence-corrected chi connectivity index (χ3v) is 3.39. The summed E-state index contributed by atoms with van der Waals surface area (Å²) < 4.78 is 6.04. The van der Waals surface area contributed by atoms with E-state index in [2.05, 4.69) is 60.8 Å². The molecule has 0 saturated carbocycles. The van der Waals surface area contributed by atoms with Gasteiger partial charge in [0.05, 0.1) is 0 Å². The molecule has 2 nitrogen and oxygen atoms in total. The zero-order chi connectivity index (χ0) is 13.2. The minimum Gasteiger partial charge on any atom is -0.456 e. The van der Waals surface area contributed by atoms with Crippen molar-refractivity contribution in [3.8, 4) is 11.3 Å². The summed E-state index contributed by atoms with van der Waals surface area (Å²) in [6.45, 7) is 2.92.